The van der Waals surface area contributed by atoms with Gasteiger partial charge in [-0.25, -0.2) is 0 Å². The molecule has 17 heavy (non-hydrogen) atoms. The van der Waals surface area contributed by atoms with E-state index >= 15 is 0 Å². The fourth-order valence-electron chi connectivity index (χ4n) is 1.88. The minimum atomic E-state index is 0.167. The van der Waals surface area contributed by atoms with Crippen LogP contribution in [-0.4, -0.2) is 6.61 Å². The van der Waals surface area contributed by atoms with E-state index in [0.717, 1.165) is 24.2 Å². The van der Waals surface area contributed by atoms with Gasteiger partial charge in [0.25, 0.3) is 0 Å². The van der Waals surface area contributed by atoms with Crippen molar-refractivity contribution in [1.82, 2.24) is 5.43 Å². The van der Waals surface area contributed by atoms with Crippen LogP contribution in [0.15, 0.2) is 24.3 Å². The van der Waals surface area contributed by atoms with E-state index in [4.69, 9.17) is 10.6 Å². The predicted octanol–water partition coefficient (Wildman–Crippen LogP) is 3.03. The van der Waals surface area contributed by atoms with Gasteiger partial charge in [0.05, 0.1) is 6.61 Å². The average Bonchev–Trinajstić information content (AvgIpc) is 2.32. The molecule has 0 fully saturated rings. The van der Waals surface area contributed by atoms with Crippen LogP contribution in [0.5, 0.6) is 5.75 Å². The molecule has 0 bridgehead atoms. The Labute approximate surface area is 104 Å². The zero-order valence-corrected chi connectivity index (χ0v) is 11.1. The van der Waals surface area contributed by atoms with Gasteiger partial charge in [0.1, 0.15) is 5.75 Å². The van der Waals surface area contributed by atoms with Crippen molar-refractivity contribution >= 4 is 0 Å². The maximum Gasteiger partial charge on any atom is 0.124 e. The summed E-state index contributed by atoms with van der Waals surface area (Å²) >= 11 is 0. The first kappa shape index (κ1) is 14.0. The number of nitrogens with one attached hydrogen (secondary N) is 1. The summed E-state index contributed by atoms with van der Waals surface area (Å²) in [6, 6.07) is 8.26. The van der Waals surface area contributed by atoms with Gasteiger partial charge in [-0.15, -0.1) is 0 Å². The van der Waals surface area contributed by atoms with Crippen LogP contribution in [0.2, 0.25) is 0 Å². The van der Waals surface area contributed by atoms with Gasteiger partial charge in [-0.3, -0.25) is 11.3 Å². The molecule has 1 unspecified atom stereocenters. The van der Waals surface area contributed by atoms with Crippen molar-refractivity contribution < 1.29 is 4.74 Å². The van der Waals surface area contributed by atoms with Gasteiger partial charge < -0.3 is 4.74 Å². The highest BCUT2D eigenvalue weighted by atomic mass is 16.5. The molecule has 0 spiro atoms. The largest absolute Gasteiger partial charge is 0.494 e. The Kier molecular flexibility index (Phi) is 6.01. The number of rotatable bonds is 7. The molecule has 0 aromatic heterocycles. The first-order valence-corrected chi connectivity index (χ1v) is 6.36. The minimum Gasteiger partial charge on any atom is -0.494 e. The van der Waals surface area contributed by atoms with E-state index in [2.05, 4.69) is 25.3 Å². The summed E-state index contributed by atoms with van der Waals surface area (Å²) < 4.78 is 5.63. The molecule has 1 rings (SSSR count). The summed E-state index contributed by atoms with van der Waals surface area (Å²) in [6.07, 6.45) is 2.17. The Morgan fingerprint density at radius 3 is 2.53 bits per heavy atom. The van der Waals surface area contributed by atoms with Gasteiger partial charge in [0.15, 0.2) is 0 Å². The van der Waals surface area contributed by atoms with Crippen molar-refractivity contribution in [3.05, 3.63) is 29.8 Å². The molecule has 96 valence electrons. The van der Waals surface area contributed by atoms with Crippen molar-refractivity contribution in [2.45, 2.75) is 39.7 Å². The number of hydrogen-bond acceptors (Lipinski definition) is 3. The van der Waals surface area contributed by atoms with Crippen LogP contribution >= 0.6 is 0 Å². The second-order valence-electron chi connectivity index (χ2n) is 4.66. The van der Waals surface area contributed by atoms with Crippen LogP contribution in [0.4, 0.5) is 0 Å². The second kappa shape index (κ2) is 7.30. The average molecular weight is 236 g/mol. The summed E-state index contributed by atoms with van der Waals surface area (Å²) in [4.78, 5) is 0. The molecular formula is C14H24N2O. The van der Waals surface area contributed by atoms with Crippen molar-refractivity contribution in [2.24, 2.45) is 11.8 Å². The lowest BCUT2D eigenvalue weighted by Gasteiger charge is -2.20. The molecule has 1 aromatic carbocycles. The van der Waals surface area contributed by atoms with E-state index in [0.29, 0.717) is 12.5 Å². The minimum absolute atomic E-state index is 0.167. The van der Waals surface area contributed by atoms with Gasteiger partial charge in [0, 0.05) is 11.6 Å². The normalized spacial score (nSPS) is 12.8. The lowest BCUT2D eigenvalue weighted by molar-refractivity contribution is 0.328. The Balaban J connectivity index is 2.79. The van der Waals surface area contributed by atoms with E-state index in [1.54, 1.807) is 0 Å². The number of para-hydroxylation sites is 1. The zero-order valence-electron chi connectivity index (χ0n) is 11.1. The molecule has 3 N–H and O–H groups in total. The maximum atomic E-state index is 5.65. The quantitative estimate of drug-likeness (QED) is 0.565. The zero-order chi connectivity index (χ0) is 12.7. The highest BCUT2D eigenvalue weighted by Gasteiger charge is 2.14. The Bertz CT molecular complexity index is 326. The Hall–Kier alpha value is -1.06. The molecule has 0 heterocycles. The fraction of sp³-hybridized carbons (Fsp3) is 0.571. The van der Waals surface area contributed by atoms with E-state index in [-0.39, 0.29) is 6.04 Å². The van der Waals surface area contributed by atoms with Crippen molar-refractivity contribution in [3.63, 3.8) is 0 Å². The first-order valence-electron chi connectivity index (χ1n) is 6.36. The molecule has 0 aliphatic heterocycles. The maximum absolute atomic E-state index is 5.65. The van der Waals surface area contributed by atoms with Gasteiger partial charge in [-0.1, -0.05) is 32.0 Å². The monoisotopic (exact) mass is 236 g/mol. The summed E-state index contributed by atoms with van der Waals surface area (Å²) in [5, 5.41) is 0. The van der Waals surface area contributed by atoms with E-state index in [1.807, 2.05) is 25.1 Å². The molecule has 3 nitrogen and oxygen atoms in total. The molecule has 0 radical (unpaired) electrons. The standard InChI is InChI=1S/C14H24N2O/c1-4-17-14-8-6-5-7-12(14)13(16-15)10-9-11(2)3/h5-8,11,13,16H,4,9-10,15H2,1-3H3. The van der Waals surface area contributed by atoms with E-state index in [9.17, 15) is 0 Å². The van der Waals surface area contributed by atoms with Gasteiger partial charge in [-0.2, -0.15) is 0 Å². The van der Waals surface area contributed by atoms with Gasteiger partial charge in [0.2, 0.25) is 0 Å². The summed E-state index contributed by atoms with van der Waals surface area (Å²) in [6.45, 7) is 7.12. The molecule has 0 aliphatic carbocycles. The third-order valence-electron chi connectivity index (χ3n) is 2.83. The second-order valence-corrected chi connectivity index (χ2v) is 4.66. The number of hydrazine groups is 1. The number of nitrogens with two attached hydrogens (primary N) is 1. The van der Waals surface area contributed by atoms with Crippen LogP contribution < -0.4 is 16.0 Å². The smallest absolute Gasteiger partial charge is 0.124 e. The van der Waals surface area contributed by atoms with Crippen LogP contribution in [0.25, 0.3) is 0 Å². The third kappa shape index (κ3) is 4.36. The molecule has 1 atom stereocenters. The first-order chi connectivity index (χ1) is 8.19. The Morgan fingerprint density at radius 1 is 1.24 bits per heavy atom. The fourth-order valence-corrected chi connectivity index (χ4v) is 1.88. The molecule has 0 saturated heterocycles. The SMILES string of the molecule is CCOc1ccccc1C(CCC(C)C)NN. The predicted molar refractivity (Wildman–Crippen MR) is 71.7 cm³/mol. The van der Waals surface area contributed by atoms with E-state index < -0.39 is 0 Å². The lowest BCUT2D eigenvalue weighted by Crippen LogP contribution is -2.28. The summed E-state index contributed by atoms with van der Waals surface area (Å²) in [5.41, 5.74) is 4.04. The van der Waals surface area contributed by atoms with Gasteiger partial charge in [-0.05, 0) is 31.7 Å². The molecule has 0 saturated carbocycles. The molecule has 0 aliphatic rings. The topological polar surface area (TPSA) is 47.3 Å². The number of ether oxygens (including phenoxy) is 1. The van der Waals surface area contributed by atoms with Crippen LogP contribution in [0.1, 0.15) is 45.2 Å². The van der Waals surface area contributed by atoms with Crippen molar-refractivity contribution in [3.8, 4) is 5.75 Å². The van der Waals surface area contributed by atoms with Crippen molar-refractivity contribution in [1.29, 1.82) is 0 Å². The molecule has 1 aromatic rings. The van der Waals surface area contributed by atoms with Crippen LogP contribution in [0, 0.1) is 5.92 Å². The number of benzene rings is 1. The highest BCUT2D eigenvalue weighted by Crippen LogP contribution is 2.28. The summed E-state index contributed by atoms with van der Waals surface area (Å²) in [5.74, 6) is 7.27. The third-order valence-corrected chi connectivity index (χ3v) is 2.83. The van der Waals surface area contributed by atoms with Crippen LogP contribution in [-0.2, 0) is 0 Å². The lowest BCUT2D eigenvalue weighted by atomic mass is 9.97. The number of hydrogen-bond donors (Lipinski definition) is 2. The van der Waals surface area contributed by atoms with Crippen molar-refractivity contribution in [2.75, 3.05) is 6.61 Å². The summed E-state index contributed by atoms with van der Waals surface area (Å²) in [7, 11) is 0. The molecule has 3 heteroatoms. The highest BCUT2D eigenvalue weighted by molar-refractivity contribution is 5.35. The van der Waals surface area contributed by atoms with Gasteiger partial charge >= 0.3 is 0 Å². The Morgan fingerprint density at radius 2 is 1.94 bits per heavy atom. The molecular weight excluding hydrogens is 212 g/mol. The van der Waals surface area contributed by atoms with E-state index in [1.165, 1.54) is 0 Å². The molecule has 0 amide bonds. The van der Waals surface area contributed by atoms with Crippen LogP contribution in [0.3, 0.4) is 0 Å².